The van der Waals surface area contributed by atoms with Crippen LogP contribution >= 0.6 is 0 Å². The van der Waals surface area contributed by atoms with E-state index >= 15 is 0 Å². The number of carbonyl (C=O) groups excluding carboxylic acids is 2. The van der Waals surface area contributed by atoms with Crippen molar-refractivity contribution >= 4 is 23.3 Å². The fraction of sp³-hybridized carbons (Fsp3) is 0.250. The zero-order valence-electron chi connectivity index (χ0n) is 14.5. The molecule has 25 heavy (non-hydrogen) atoms. The van der Waals surface area contributed by atoms with E-state index in [0.29, 0.717) is 17.5 Å². The van der Waals surface area contributed by atoms with Crippen molar-refractivity contribution < 1.29 is 9.59 Å². The molecule has 0 unspecified atom stereocenters. The number of benzene rings is 2. The van der Waals surface area contributed by atoms with Gasteiger partial charge in [0.15, 0.2) is 0 Å². The Morgan fingerprint density at radius 3 is 2.64 bits per heavy atom. The topological polar surface area (TPSA) is 75.8 Å². The van der Waals surface area contributed by atoms with E-state index in [2.05, 4.69) is 41.9 Å². The lowest BCUT2D eigenvalue weighted by molar-refractivity contribution is 0.0999. The van der Waals surface area contributed by atoms with E-state index < -0.39 is 5.91 Å². The summed E-state index contributed by atoms with van der Waals surface area (Å²) in [6, 6.07) is 12.7. The number of aryl methyl sites for hydroxylation is 1. The smallest absolute Gasteiger partial charge is 0.278 e. The van der Waals surface area contributed by atoms with E-state index in [0.717, 1.165) is 24.5 Å². The van der Waals surface area contributed by atoms with E-state index in [1.807, 2.05) is 0 Å². The number of nitrogens with two attached hydrogens (primary N) is 1. The molecular weight excluding hydrogens is 314 g/mol. The van der Waals surface area contributed by atoms with Crippen LogP contribution in [0, 0.1) is 6.92 Å². The lowest BCUT2D eigenvalue weighted by Gasteiger charge is -2.19. The van der Waals surface area contributed by atoms with Crippen molar-refractivity contribution in [2.75, 3.05) is 11.4 Å². The Morgan fingerprint density at radius 2 is 1.92 bits per heavy atom. The predicted octanol–water partition coefficient (Wildman–Crippen LogP) is 3.11. The molecule has 1 aliphatic heterocycles. The highest BCUT2D eigenvalue weighted by atomic mass is 16.1. The highest BCUT2D eigenvalue weighted by molar-refractivity contribution is 6.12. The third kappa shape index (κ3) is 3.45. The molecule has 0 fully saturated rings. The lowest BCUT2D eigenvalue weighted by atomic mass is 10.1. The normalized spacial score (nSPS) is 14.6. The Hall–Kier alpha value is -2.95. The van der Waals surface area contributed by atoms with Gasteiger partial charge in [-0.1, -0.05) is 30.7 Å². The first kappa shape index (κ1) is 16.9. The van der Waals surface area contributed by atoms with Gasteiger partial charge in [0.25, 0.3) is 5.91 Å². The van der Waals surface area contributed by atoms with Gasteiger partial charge in [0.05, 0.1) is 0 Å². The summed E-state index contributed by atoms with van der Waals surface area (Å²) >= 11 is 0. The van der Waals surface area contributed by atoms with Crippen molar-refractivity contribution in [3.63, 3.8) is 0 Å². The Bertz CT molecular complexity index is 871. The highest BCUT2D eigenvalue weighted by Gasteiger charge is 2.25. The molecule has 2 aromatic carbocycles. The molecule has 5 heteroatoms. The van der Waals surface area contributed by atoms with Crippen molar-refractivity contribution in [2.45, 2.75) is 26.7 Å². The SMILES string of the molecule is CCCN1C(=NC(=O)c2cccc(C(N)=O)c2)Cc2cc(C)ccc21. The fourth-order valence-corrected chi connectivity index (χ4v) is 3.08. The molecule has 1 aliphatic rings. The maximum absolute atomic E-state index is 12.6. The third-order valence-corrected chi connectivity index (χ3v) is 4.26. The second kappa shape index (κ2) is 6.89. The van der Waals surface area contributed by atoms with E-state index in [9.17, 15) is 9.59 Å². The first-order valence-corrected chi connectivity index (χ1v) is 8.38. The molecule has 0 bridgehead atoms. The van der Waals surface area contributed by atoms with Gasteiger partial charge in [-0.05, 0) is 43.2 Å². The van der Waals surface area contributed by atoms with Crippen molar-refractivity contribution in [1.29, 1.82) is 0 Å². The number of carbonyl (C=O) groups is 2. The molecule has 0 saturated heterocycles. The number of hydrogen-bond donors (Lipinski definition) is 1. The Morgan fingerprint density at radius 1 is 1.16 bits per heavy atom. The molecule has 1 heterocycles. The van der Waals surface area contributed by atoms with Crippen molar-refractivity contribution in [2.24, 2.45) is 10.7 Å². The quantitative estimate of drug-likeness (QED) is 0.933. The first-order valence-electron chi connectivity index (χ1n) is 8.38. The number of nitrogens with zero attached hydrogens (tertiary/aromatic N) is 2. The second-order valence-electron chi connectivity index (χ2n) is 6.24. The molecule has 3 rings (SSSR count). The number of rotatable bonds is 4. The van der Waals surface area contributed by atoms with Crippen LogP contribution in [0.15, 0.2) is 47.5 Å². The van der Waals surface area contributed by atoms with Gasteiger partial charge in [-0.2, -0.15) is 4.99 Å². The first-order chi connectivity index (χ1) is 12.0. The van der Waals surface area contributed by atoms with Gasteiger partial charge in [0.2, 0.25) is 5.91 Å². The third-order valence-electron chi connectivity index (χ3n) is 4.26. The van der Waals surface area contributed by atoms with Crippen molar-refractivity contribution in [1.82, 2.24) is 0 Å². The molecule has 2 amide bonds. The summed E-state index contributed by atoms with van der Waals surface area (Å²) in [5, 5.41) is 0. The highest BCUT2D eigenvalue weighted by Crippen LogP contribution is 2.30. The summed E-state index contributed by atoms with van der Waals surface area (Å²) in [4.78, 5) is 30.3. The maximum Gasteiger partial charge on any atom is 0.278 e. The second-order valence-corrected chi connectivity index (χ2v) is 6.24. The molecule has 0 spiro atoms. The zero-order chi connectivity index (χ0) is 18.0. The molecular formula is C20H21N3O2. The molecule has 2 N–H and O–H groups in total. The molecule has 0 atom stereocenters. The number of anilines is 1. The van der Waals surface area contributed by atoms with Gasteiger partial charge in [-0.3, -0.25) is 9.59 Å². The average molecular weight is 335 g/mol. The Labute approximate surface area is 147 Å². The van der Waals surface area contributed by atoms with Crippen molar-refractivity contribution in [3.8, 4) is 0 Å². The van der Waals surface area contributed by atoms with Crippen LogP contribution in [-0.2, 0) is 6.42 Å². The standard InChI is InChI=1S/C20H21N3O2/c1-3-9-23-17-8-7-13(2)10-16(17)12-18(23)22-20(25)15-6-4-5-14(11-15)19(21)24/h4-8,10-11H,3,9,12H2,1-2H3,(H2,21,24). The van der Waals surface area contributed by atoms with Crippen LogP contribution in [0.2, 0.25) is 0 Å². The van der Waals surface area contributed by atoms with Crippen LogP contribution in [0.3, 0.4) is 0 Å². The predicted molar refractivity (Wildman–Crippen MR) is 99.2 cm³/mol. The lowest BCUT2D eigenvalue weighted by Crippen LogP contribution is -2.28. The van der Waals surface area contributed by atoms with E-state index in [1.54, 1.807) is 18.2 Å². The number of aliphatic imine (C=N–C) groups is 1. The largest absolute Gasteiger partial charge is 0.366 e. The number of amidine groups is 1. The molecule has 5 nitrogen and oxygen atoms in total. The molecule has 0 aromatic heterocycles. The number of hydrogen-bond acceptors (Lipinski definition) is 2. The Kier molecular flexibility index (Phi) is 4.65. The Balaban J connectivity index is 1.93. The van der Waals surface area contributed by atoms with Gasteiger partial charge in [0.1, 0.15) is 5.84 Å². The van der Waals surface area contributed by atoms with Gasteiger partial charge >= 0.3 is 0 Å². The van der Waals surface area contributed by atoms with Gasteiger partial charge < -0.3 is 10.6 Å². The van der Waals surface area contributed by atoms with Crippen molar-refractivity contribution in [3.05, 3.63) is 64.7 Å². The van der Waals surface area contributed by atoms with Gasteiger partial charge in [-0.15, -0.1) is 0 Å². The van der Waals surface area contributed by atoms with E-state index in [4.69, 9.17) is 5.73 Å². The minimum atomic E-state index is -0.557. The fourth-order valence-electron chi connectivity index (χ4n) is 3.08. The summed E-state index contributed by atoms with van der Waals surface area (Å²) in [7, 11) is 0. The van der Waals surface area contributed by atoms with Crippen LogP contribution in [0.1, 0.15) is 45.2 Å². The van der Waals surface area contributed by atoms with Gasteiger partial charge in [-0.25, -0.2) is 0 Å². The molecule has 0 radical (unpaired) electrons. The number of fused-ring (bicyclic) bond motifs is 1. The number of amides is 2. The minimum Gasteiger partial charge on any atom is -0.366 e. The molecule has 0 aliphatic carbocycles. The summed E-state index contributed by atoms with van der Waals surface area (Å²) in [6.45, 7) is 4.96. The number of primary amides is 1. The van der Waals surface area contributed by atoms with Gasteiger partial charge in [0, 0.05) is 29.8 Å². The zero-order valence-corrected chi connectivity index (χ0v) is 14.5. The van der Waals surface area contributed by atoms with Crippen LogP contribution < -0.4 is 10.6 Å². The molecule has 2 aromatic rings. The average Bonchev–Trinajstić information content (AvgIpc) is 2.91. The summed E-state index contributed by atoms with van der Waals surface area (Å²) in [6.07, 6.45) is 1.59. The summed E-state index contributed by atoms with van der Waals surface area (Å²) < 4.78 is 0. The van der Waals surface area contributed by atoms with Crippen LogP contribution in [0.25, 0.3) is 0 Å². The maximum atomic E-state index is 12.6. The van der Waals surface area contributed by atoms with Crippen LogP contribution in [0.4, 0.5) is 5.69 Å². The monoisotopic (exact) mass is 335 g/mol. The minimum absolute atomic E-state index is 0.307. The van der Waals surface area contributed by atoms with E-state index in [-0.39, 0.29) is 5.91 Å². The molecule has 128 valence electrons. The van der Waals surface area contributed by atoms with E-state index in [1.165, 1.54) is 17.2 Å². The van der Waals surface area contributed by atoms with Crippen LogP contribution in [0.5, 0.6) is 0 Å². The summed E-state index contributed by atoms with van der Waals surface area (Å²) in [5.74, 6) is -0.167. The summed E-state index contributed by atoms with van der Waals surface area (Å²) in [5.41, 5.74) is 9.45. The van der Waals surface area contributed by atoms with Crippen LogP contribution in [-0.4, -0.2) is 24.2 Å². The molecule has 0 saturated carbocycles.